The number of nitrogens with zero attached hydrogens (tertiary/aromatic N) is 3. The molecule has 0 fully saturated rings. The molecule has 0 saturated carbocycles. The van der Waals surface area contributed by atoms with Gasteiger partial charge in [0.05, 0.1) is 16.2 Å². The number of fused-ring (bicyclic) bond motifs is 1. The summed E-state index contributed by atoms with van der Waals surface area (Å²) in [5, 5.41) is 17.4. The molecule has 0 aliphatic heterocycles. The Morgan fingerprint density at radius 3 is 2.92 bits per heavy atom. The largest absolute Gasteiger partial charge is 0.317 e. The highest BCUT2D eigenvalue weighted by molar-refractivity contribution is 9.10. The van der Waals surface area contributed by atoms with Crippen molar-refractivity contribution in [1.82, 2.24) is 9.78 Å². The Morgan fingerprint density at radius 1 is 1.54 bits per heavy atom. The number of halogens is 1. The Bertz CT molecular complexity index is 856. The van der Waals surface area contributed by atoms with Crippen molar-refractivity contribution >= 4 is 38.2 Å². The van der Waals surface area contributed by atoms with Crippen LogP contribution >= 0.6 is 27.3 Å². The topological polar surface area (TPSA) is 70.7 Å². The van der Waals surface area contributed by atoms with Crippen molar-refractivity contribution in [2.75, 3.05) is 5.32 Å². The number of nitriles is 1. The Hall–Kier alpha value is -1.65. The minimum absolute atomic E-state index is 0.0842. The predicted molar refractivity (Wildman–Crippen MR) is 107 cm³/mol. The number of hydrogen-bond acceptors (Lipinski definition) is 4. The Balaban J connectivity index is 1.70. The Morgan fingerprint density at radius 2 is 2.31 bits per heavy atom. The monoisotopic (exact) mass is 434 g/mol. The van der Waals surface area contributed by atoms with Crippen LogP contribution in [0.4, 0.5) is 5.00 Å². The van der Waals surface area contributed by atoms with Crippen LogP contribution in [0.3, 0.4) is 0 Å². The van der Waals surface area contributed by atoms with E-state index in [4.69, 9.17) is 0 Å². The average molecular weight is 435 g/mol. The quantitative estimate of drug-likeness (QED) is 0.753. The summed E-state index contributed by atoms with van der Waals surface area (Å²) in [5.41, 5.74) is 2.06. The summed E-state index contributed by atoms with van der Waals surface area (Å²) < 4.78 is 2.62. The van der Waals surface area contributed by atoms with E-state index in [-0.39, 0.29) is 11.3 Å². The van der Waals surface area contributed by atoms with Gasteiger partial charge in [-0.2, -0.15) is 10.4 Å². The van der Waals surface area contributed by atoms with Crippen molar-refractivity contribution in [1.29, 1.82) is 5.26 Å². The lowest BCUT2D eigenvalue weighted by atomic mass is 9.72. The van der Waals surface area contributed by atoms with E-state index in [2.05, 4.69) is 53.2 Å². The summed E-state index contributed by atoms with van der Waals surface area (Å²) in [4.78, 5) is 13.6. The first-order valence-electron chi connectivity index (χ1n) is 8.80. The maximum atomic E-state index is 12.3. The number of rotatable bonds is 4. The molecule has 0 unspecified atom stereocenters. The van der Waals surface area contributed by atoms with Gasteiger partial charge < -0.3 is 5.32 Å². The molecule has 1 atom stereocenters. The van der Waals surface area contributed by atoms with Crippen LogP contribution in [0, 0.1) is 22.7 Å². The number of hydrogen-bond donors (Lipinski definition) is 1. The highest BCUT2D eigenvalue weighted by atomic mass is 79.9. The molecule has 2 aromatic rings. The summed E-state index contributed by atoms with van der Waals surface area (Å²) in [6.07, 6.45) is 6.88. The molecule has 0 aromatic carbocycles. The van der Waals surface area contributed by atoms with E-state index >= 15 is 0 Å². The summed E-state index contributed by atoms with van der Waals surface area (Å²) >= 11 is 4.92. The molecule has 0 saturated heterocycles. The average Bonchev–Trinajstić information content (AvgIpc) is 3.14. The molecule has 26 heavy (non-hydrogen) atoms. The third-order valence-electron chi connectivity index (χ3n) is 5.02. The second-order valence-electron chi connectivity index (χ2n) is 7.85. The summed E-state index contributed by atoms with van der Waals surface area (Å²) in [7, 11) is 0. The minimum Gasteiger partial charge on any atom is -0.317 e. The fourth-order valence-electron chi connectivity index (χ4n) is 3.40. The molecule has 0 spiro atoms. The number of amides is 1. The maximum absolute atomic E-state index is 12.3. The molecular weight excluding hydrogens is 412 g/mol. The zero-order valence-corrected chi connectivity index (χ0v) is 17.7. The second kappa shape index (κ2) is 7.53. The Labute approximate surface area is 166 Å². The number of anilines is 1. The van der Waals surface area contributed by atoms with Crippen LogP contribution in [-0.2, 0) is 24.2 Å². The van der Waals surface area contributed by atoms with Gasteiger partial charge >= 0.3 is 0 Å². The standard InChI is InChI=1S/C19H23BrN4OS/c1-19(2,3)12-4-5-14-15(9-21)18(26-16(14)8-12)23-17(25)6-7-24-11-13(20)10-22-24/h10-12H,4-8H2,1-3H3,(H,23,25)/t12-/m1/s1. The molecule has 138 valence electrons. The fraction of sp³-hybridized carbons (Fsp3) is 0.526. The molecule has 2 aromatic heterocycles. The molecule has 0 radical (unpaired) electrons. The van der Waals surface area contributed by atoms with Gasteiger partial charge in [0.1, 0.15) is 11.1 Å². The highest BCUT2D eigenvalue weighted by Crippen LogP contribution is 2.43. The molecule has 3 rings (SSSR count). The molecule has 1 aliphatic rings. The fourth-order valence-corrected chi connectivity index (χ4v) is 5.02. The second-order valence-corrected chi connectivity index (χ2v) is 9.87. The van der Waals surface area contributed by atoms with Gasteiger partial charge in [-0.05, 0) is 52.1 Å². The van der Waals surface area contributed by atoms with Crippen LogP contribution in [0.5, 0.6) is 0 Å². The van der Waals surface area contributed by atoms with E-state index in [1.807, 2.05) is 6.20 Å². The van der Waals surface area contributed by atoms with Crippen molar-refractivity contribution in [3.8, 4) is 6.07 Å². The van der Waals surface area contributed by atoms with Crippen molar-refractivity contribution in [2.24, 2.45) is 11.3 Å². The lowest BCUT2D eigenvalue weighted by Gasteiger charge is -2.33. The van der Waals surface area contributed by atoms with Gasteiger partial charge in [-0.1, -0.05) is 20.8 Å². The molecule has 1 aliphatic carbocycles. The minimum atomic E-state index is -0.0842. The van der Waals surface area contributed by atoms with Crippen LogP contribution in [0.1, 0.15) is 49.6 Å². The lowest BCUT2D eigenvalue weighted by Crippen LogP contribution is -2.26. The van der Waals surface area contributed by atoms with E-state index in [9.17, 15) is 10.1 Å². The van der Waals surface area contributed by atoms with E-state index in [0.29, 0.717) is 29.4 Å². The highest BCUT2D eigenvalue weighted by Gasteiger charge is 2.32. The van der Waals surface area contributed by atoms with Gasteiger partial charge in [-0.15, -0.1) is 11.3 Å². The zero-order chi connectivity index (χ0) is 18.9. The van der Waals surface area contributed by atoms with Crippen LogP contribution in [-0.4, -0.2) is 15.7 Å². The van der Waals surface area contributed by atoms with E-state index in [1.54, 1.807) is 22.2 Å². The van der Waals surface area contributed by atoms with Gasteiger partial charge in [-0.3, -0.25) is 9.48 Å². The van der Waals surface area contributed by atoms with Gasteiger partial charge in [0.2, 0.25) is 5.91 Å². The van der Waals surface area contributed by atoms with E-state index < -0.39 is 0 Å². The number of aryl methyl sites for hydroxylation is 1. The van der Waals surface area contributed by atoms with Crippen molar-refractivity contribution < 1.29 is 4.79 Å². The lowest BCUT2D eigenvalue weighted by molar-refractivity contribution is -0.116. The molecule has 7 heteroatoms. The van der Waals surface area contributed by atoms with Crippen LogP contribution in [0.15, 0.2) is 16.9 Å². The van der Waals surface area contributed by atoms with Crippen LogP contribution < -0.4 is 5.32 Å². The molecule has 0 bridgehead atoms. The molecule has 1 N–H and O–H groups in total. The first-order valence-corrected chi connectivity index (χ1v) is 10.4. The maximum Gasteiger partial charge on any atom is 0.226 e. The summed E-state index contributed by atoms with van der Waals surface area (Å²) in [6, 6.07) is 2.31. The van der Waals surface area contributed by atoms with Crippen LogP contribution in [0.25, 0.3) is 0 Å². The number of carbonyl (C=O) groups is 1. The SMILES string of the molecule is CC(C)(C)[C@@H]1CCc2c(sc(NC(=O)CCn3cc(Br)cn3)c2C#N)C1. The third kappa shape index (κ3) is 4.18. The van der Waals surface area contributed by atoms with Crippen LogP contribution in [0.2, 0.25) is 0 Å². The van der Waals surface area contributed by atoms with Crippen molar-refractivity contribution in [2.45, 2.75) is 53.0 Å². The summed E-state index contributed by atoms with van der Waals surface area (Å²) in [5.74, 6) is 0.529. The zero-order valence-electron chi connectivity index (χ0n) is 15.3. The van der Waals surface area contributed by atoms with Gasteiger partial charge in [0.25, 0.3) is 0 Å². The Kier molecular flexibility index (Phi) is 5.54. The normalized spacial score (nSPS) is 16.8. The first-order chi connectivity index (χ1) is 12.3. The predicted octanol–water partition coefficient (Wildman–Crippen LogP) is 4.76. The van der Waals surface area contributed by atoms with Gasteiger partial charge in [0, 0.05) is 24.0 Å². The smallest absolute Gasteiger partial charge is 0.226 e. The molecular formula is C19H23BrN4OS. The number of aromatic nitrogens is 2. The van der Waals surface area contributed by atoms with Crippen molar-refractivity contribution in [3.05, 3.63) is 32.9 Å². The van der Waals surface area contributed by atoms with Gasteiger partial charge in [-0.25, -0.2) is 0 Å². The van der Waals surface area contributed by atoms with E-state index in [1.165, 1.54) is 4.88 Å². The third-order valence-corrected chi connectivity index (χ3v) is 6.60. The molecule has 5 nitrogen and oxygen atoms in total. The number of carbonyl (C=O) groups excluding carboxylic acids is 1. The molecule has 1 amide bonds. The van der Waals surface area contributed by atoms with Gasteiger partial charge in [0.15, 0.2) is 0 Å². The molecule has 2 heterocycles. The summed E-state index contributed by atoms with van der Waals surface area (Å²) in [6.45, 7) is 7.34. The first kappa shape index (κ1) is 19.1. The van der Waals surface area contributed by atoms with Crippen molar-refractivity contribution in [3.63, 3.8) is 0 Å². The van der Waals surface area contributed by atoms with E-state index in [0.717, 1.165) is 29.3 Å². The number of nitrogens with one attached hydrogen (secondary N) is 1. The number of thiophene rings is 1.